The number of rotatable bonds is 7. The predicted octanol–water partition coefficient (Wildman–Crippen LogP) is 2.79. The van der Waals surface area contributed by atoms with Crippen molar-refractivity contribution in [1.82, 2.24) is 4.57 Å². The minimum Gasteiger partial charge on any atom is -0.383 e. The van der Waals surface area contributed by atoms with E-state index in [2.05, 4.69) is 4.99 Å². The molecule has 3 rings (SSSR count). The van der Waals surface area contributed by atoms with Gasteiger partial charge in [-0.1, -0.05) is 24.3 Å². The van der Waals surface area contributed by atoms with Crippen molar-refractivity contribution in [2.75, 3.05) is 19.5 Å². The summed E-state index contributed by atoms with van der Waals surface area (Å²) in [5.74, 6) is -0.677. The van der Waals surface area contributed by atoms with Crippen LogP contribution >= 0.6 is 11.3 Å². The van der Waals surface area contributed by atoms with Crippen molar-refractivity contribution < 1.29 is 22.9 Å². The molecule has 0 atom stereocenters. The number of hydrogen-bond acceptors (Lipinski definition) is 7. The number of fused-ring (bicyclic) bond motifs is 1. The molecule has 0 fully saturated rings. The van der Waals surface area contributed by atoms with Gasteiger partial charge >= 0.3 is 0 Å². The number of carbonyl (C=O) groups excluding carboxylic acids is 1. The Kier molecular flexibility index (Phi) is 6.44. The molecule has 0 N–H and O–H groups in total. The van der Waals surface area contributed by atoms with E-state index in [4.69, 9.17) is 4.74 Å². The van der Waals surface area contributed by atoms with E-state index < -0.39 is 20.7 Å². The van der Waals surface area contributed by atoms with Gasteiger partial charge in [-0.3, -0.25) is 14.9 Å². The van der Waals surface area contributed by atoms with Crippen LogP contribution in [0.1, 0.15) is 17.3 Å². The maximum absolute atomic E-state index is 12.8. The number of benzene rings is 2. The predicted molar refractivity (Wildman–Crippen MR) is 112 cm³/mol. The number of non-ortho nitro benzene ring substituents is 1. The lowest BCUT2D eigenvalue weighted by Gasteiger charge is -2.05. The minimum absolute atomic E-state index is 0.0574. The molecule has 0 spiro atoms. The van der Waals surface area contributed by atoms with E-state index >= 15 is 0 Å². The third-order valence-electron chi connectivity index (χ3n) is 4.41. The minimum atomic E-state index is -3.46. The second-order valence-electron chi connectivity index (χ2n) is 6.29. The van der Waals surface area contributed by atoms with Crippen LogP contribution in [-0.2, 0) is 21.1 Å². The van der Waals surface area contributed by atoms with Gasteiger partial charge in [0.1, 0.15) is 0 Å². The lowest BCUT2D eigenvalue weighted by molar-refractivity contribution is -0.384. The molecule has 158 valence electrons. The molecule has 1 aromatic heterocycles. The van der Waals surface area contributed by atoms with Crippen LogP contribution in [0.2, 0.25) is 0 Å². The van der Waals surface area contributed by atoms with Crippen molar-refractivity contribution >= 4 is 43.0 Å². The van der Waals surface area contributed by atoms with Crippen LogP contribution in [0.25, 0.3) is 10.2 Å². The van der Waals surface area contributed by atoms with Gasteiger partial charge in [-0.2, -0.15) is 4.99 Å². The third-order valence-corrected chi connectivity index (χ3v) is 7.19. The zero-order chi connectivity index (χ0) is 21.9. The summed E-state index contributed by atoms with van der Waals surface area (Å²) in [6.07, 6.45) is 0. The molecule has 1 amide bonds. The highest BCUT2D eigenvalue weighted by Gasteiger charge is 2.16. The lowest BCUT2D eigenvalue weighted by atomic mass is 10.2. The van der Waals surface area contributed by atoms with Crippen LogP contribution < -0.4 is 4.80 Å². The number of amides is 1. The van der Waals surface area contributed by atoms with Crippen LogP contribution in [0.4, 0.5) is 5.69 Å². The zero-order valence-electron chi connectivity index (χ0n) is 16.3. The molecule has 9 nitrogen and oxygen atoms in total. The quantitative estimate of drug-likeness (QED) is 0.404. The highest BCUT2D eigenvalue weighted by molar-refractivity contribution is 7.91. The maximum Gasteiger partial charge on any atom is 0.279 e. The fraction of sp³-hybridized carbons (Fsp3) is 0.263. The first-order valence-electron chi connectivity index (χ1n) is 8.95. The molecule has 3 aromatic rings. The molecule has 1 heterocycles. The number of nitro groups is 1. The van der Waals surface area contributed by atoms with Crippen molar-refractivity contribution in [3.8, 4) is 0 Å². The highest BCUT2D eigenvalue weighted by atomic mass is 32.2. The monoisotopic (exact) mass is 449 g/mol. The first kappa shape index (κ1) is 21.8. The maximum atomic E-state index is 12.8. The Hall–Kier alpha value is -2.89. The van der Waals surface area contributed by atoms with Crippen LogP contribution in [0.15, 0.2) is 52.4 Å². The largest absolute Gasteiger partial charge is 0.383 e. The first-order chi connectivity index (χ1) is 14.3. The van der Waals surface area contributed by atoms with Gasteiger partial charge in [-0.05, 0) is 24.3 Å². The Balaban J connectivity index is 2.11. The third kappa shape index (κ3) is 4.48. The Morgan fingerprint density at radius 1 is 1.27 bits per heavy atom. The number of nitrogens with zero attached hydrogens (tertiary/aromatic N) is 3. The summed E-state index contributed by atoms with van der Waals surface area (Å²) < 4.78 is 31.7. The molecule has 0 saturated heterocycles. The second-order valence-corrected chi connectivity index (χ2v) is 9.57. The summed E-state index contributed by atoms with van der Waals surface area (Å²) in [5.41, 5.74) is 0.778. The molecule has 0 saturated carbocycles. The van der Waals surface area contributed by atoms with Crippen molar-refractivity contribution in [3.05, 3.63) is 62.9 Å². The molecular formula is C19H19N3O6S2. The van der Waals surface area contributed by atoms with Gasteiger partial charge in [0.05, 0.1) is 32.4 Å². The molecule has 11 heteroatoms. The Morgan fingerprint density at radius 2 is 2.03 bits per heavy atom. The summed E-state index contributed by atoms with van der Waals surface area (Å²) in [6, 6.07) is 10.2. The fourth-order valence-electron chi connectivity index (χ4n) is 2.80. The van der Waals surface area contributed by atoms with Crippen LogP contribution in [-0.4, -0.2) is 43.3 Å². The van der Waals surface area contributed by atoms with Gasteiger partial charge < -0.3 is 9.30 Å². The molecule has 0 aliphatic carbocycles. The van der Waals surface area contributed by atoms with E-state index in [9.17, 15) is 23.3 Å². The van der Waals surface area contributed by atoms with Crippen molar-refractivity contribution in [1.29, 1.82) is 0 Å². The van der Waals surface area contributed by atoms with Gasteiger partial charge in [-0.15, -0.1) is 0 Å². The number of thiazole rings is 1. The Morgan fingerprint density at radius 3 is 2.70 bits per heavy atom. The first-order valence-corrected chi connectivity index (χ1v) is 11.4. The number of nitro benzene ring substituents is 1. The average Bonchev–Trinajstić information content (AvgIpc) is 3.08. The summed E-state index contributed by atoms with van der Waals surface area (Å²) >= 11 is 1.14. The summed E-state index contributed by atoms with van der Waals surface area (Å²) in [7, 11) is -1.91. The number of hydrogen-bond donors (Lipinski definition) is 0. The van der Waals surface area contributed by atoms with Gasteiger partial charge in [0, 0.05) is 31.4 Å². The highest BCUT2D eigenvalue weighted by Crippen LogP contribution is 2.23. The van der Waals surface area contributed by atoms with E-state index in [0.717, 1.165) is 11.3 Å². The Labute approximate surface area is 176 Å². The zero-order valence-corrected chi connectivity index (χ0v) is 17.9. The van der Waals surface area contributed by atoms with Crippen LogP contribution in [0.3, 0.4) is 0 Å². The number of sulfone groups is 1. The van der Waals surface area contributed by atoms with Gasteiger partial charge in [0.15, 0.2) is 14.6 Å². The van der Waals surface area contributed by atoms with E-state index in [-0.39, 0.29) is 21.9 Å². The van der Waals surface area contributed by atoms with Crippen molar-refractivity contribution in [2.24, 2.45) is 4.99 Å². The summed E-state index contributed by atoms with van der Waals surface area (Å²) in [4.78, 5) is 27.9. The van der Waals surface area contributed by atoms with E-state index in [1.165, 1.54) is 43.3 Å². The van der Waals surface area contributed by atoms with Gasteiger partial charge in [0.2, 0.25) is 0 Å². The van der Waals surface area contributed by atoms with Gasteiger partial charge in [-0.25, -0.2) is 8.42 Å². The topological polar surface area (TPSA) is 121 Å². The summed E-state index contributed by atoms with van der Waals surface area (Å²) in [6.45, 7) is 2.28. The molecule has 0 aliphatic heterocycles. The molecule has 0 bridgehead atoms. The Bertz CT molecular complexity index is 1290. The standard InChI is InChI=1S/C19H19N3O6S2/c1-3-30(26,27)15-6-4-5-13(11-15)18(23)20-19-21(9-10-28-2)16-8-7-14(22(24)25)12-17(16)29-19/h4-8,11-12H,3,9-10H2,1-2H3. The number of ether oxygens (including phenoxy) is 1. The number of aromatic nitrogens is 1. The smallest absolute Gasteiger partial charge is 0.279 e. The average molecular weight is 450 g/mol. The normalized spacial score (nSPS) is 12.4. The van der Waals surface area contributed by atoms with Crippen LogP contribution in [0, 0.1) is 10.1 Å². The van der Waals surface area contributed by atoms with Crippen LogP contribution in [0.5, 0.6) is 0 Å². The molecule has 30 heavy (non-hydrogen) atoms. The SMILES string of the molecule is CCS(=O)(=O)c1cccc(C(=O)N=c2sc3cc([N+](=O)[O-])ccc3n2CCOC)c1. The molecule has 0 aliphatic rings. The molecular weight excluding hydrogens is 430 g/mol. The lowest BCUT2D eigenvalue weighted by Crippen LogP contribution is -2.19. The molecule has 2 aromatic carbocycles. The fourth-order valence-corrected chi connectivity index (χ4v) is 4.81. The van der Waals surface area contributed by atoms with Crippen molar-refractivity contribution in [3.63, 3.8) is 0 Å². The number of carbonyl (C=O) groups is 1. The van der Waals surface area contributed by atoms with Gasteiger partial charge in [0.25, 0.3) is 11.6 Å². The van der Waals surface area contributed by atoms with E-state index in [1.54, 1.807) is 17.7 Å². The second kappa shape index (κ2) is 8.86. The molecule has 0 unspecified atom stereocenters. The molecule has 0 radical (unpaired) electrons. The van der Waals surface area contributed by atoms with E-state index in [1.807, 2.05) is 0 Å². The van der Waals surface area contributed by atoms with Crippen molar-refractivity contribution in [2.45, 2.75) is 18.4 Å². The summed E-state index contributed by atoms with van der Waals surface area (Å²) in [5, 5.41) is 11.1. The number of methoxy groups -OCH3 is 1. The van der Waals surface area contributed by atoms with E-state index in [0.29, 0.717) is 28.2 Å².